The van der Waals surface area contributed by atoms with Gasteiger partial charge in [-0.1, -0.05) is 13.8 Å². The third-order valence-corrected chi connectivity index (χ3v) is 2.33. The lowest BCUT2D eigenvalue weighted by Crippen LogP contribution is -2.27. The van der Waals surface area contributed by atoms with Crippen molar-refractivity contribution in [3.63, 3.8) is 0 Å². The summed E-state index contributed by atoms with van der Waals surface area (Å²) in [6.45, 7) is 5.99. The van der Waals surface area contributed by atoms with E-state index in [0.717, 1.165) is 11.1 Å². The molecule has 1 amide bonds. The number of hydrogen-bond donors (Lipinski definition) is 2. The Bertz CT molecular complexity index is 336. The molecule has 16 heavy (non-hydrogen) atoms. The molecule has 0 atom stereocenters. The maximum absolute atomic E-state index is 11.5. The van der Waals surface area contributed by atoms with E-state index in [1.807, 2.05) is 0 Å². The van der Waals surface area contributed by atoms with E-state index in [1.165, 1.54) is 0 Å². The van der Waals surface area contributed by atoms with Crippen molar-refractivity contribution in [1.29, 1.82) is 0 Å². The summed E-state index contributed by atoms with van der Waals surface area (Å²) >= 11 is 3.27. The highest BCUT2D eigenvalue weighted by atomic mass is 79.9. The molecule has 0 saturated carbocycles. The molecule has 0 fully saturated rings. The maximum atomic E-state index is 11.5. The number of ether oxygens (including phenoxy) is 1. The fourth-order valence-electron chi connectivity index (χ4n) is 1.15. The molecule has 0 spiro atoms. The topological polar surface area (TPSA) is 54.1 Å². The first kappa shape index (κ1) is 13.3. The zero-order valence-corrected chi connectivity index (χ0v) is 11.1. The van der Waals surface area contributed by atoms with Crippen molar-refractivity contribution in [2.45, 2.75) is 13.8 Å². The minimum absolute atomic E-state index is 0.112. The van der Waals surface area contributed by atoms with Crippen LogP contribution in [0.2, 0.25) is 0 Å². The lowest BCUT2D eigenvalue weighted by atomic mass is 10.2. The number of aromatic nitrogens is 1. The molecule has 0 bridgehead atoms. The normalized spacial score (nSPS) is 10.8. The fourth-order valence-corrected chi connectivity index (χ4v) is 1.49. The second-order valence-electron chi connectivity index (χ2n) is 3.96. The van der Waals surface area contributed by atoms with Crippen molar-refractivity contribution in [1.82, 2.24) is 10.3 Å². The smallest absolute Gasteiger partial charge is 0.267 e. The number of carbonyl (C=O) groups excluding carboxylic acids is 1. The Morgan fingerprint density at radius 3 is 2.94 bits per heavy atom. The minimum Gasteiger partial charge on any atom is -0.379 e. The Kier molecular flexibility index (Phi) is 5.55. The van der Waals surface area contributed by atoms with Gasteiger partial charge in [-0.2, -0.15) is 0 Å². The summed E-state index contributed by atoms with van der Waals surface area (Å²) in [5.74, 6) is 0.411. The molecule has 0 unspecified atom stereocenters. The van der Waals surface area contributed by atoms with Crippen molar-refractivity contribution in [2.24, 2.45) is 5.92 Å². The summed E-state index contributed by atoms with van der Waals surface area (Å²) in [6, 6.07) is 1.74. The molecule has 1 aromatic rings. The number of halogens is 1. The SMILES string of the molecule is CC(C)COCCNC(=O)c1cc(Br)c[nH]1. The predicted molar refractivity (Wildman–Crippen MR) is 66.5 cm³/mol. The first-order valence-electron chi connectivity index (χ1n) is 5.29. The van der Waals surface area contributed by atoms with Crippen LogP contribution in [-0.4, -0.2) is 30.6 Å². The van der Waals surface area contributed by atoms with Gasteiger partial charge in [-0.3, -0.25) is 4.79 Å². The highest BCUT2D eigenvalue weighted by molar-refractivity contribution is 9.10. The summed E-state index contributed by atoms with van der Waals surface area (Å²) in [7, 11) is 0. The highest BCUT2D eigenvalue weighted by Crippen LogP contribution is 2.09. The van der Waals surface area contributed by atoms with Crippen LogP contribution in [0.5, 0.6) is 0 Å². The molecular formula is C11H17BrN2O2. The number of carbonyl (C=O) groups is 1. The van der Waals surface area contributed by atoms with E-state index in [2.05, 4.69) is 40.1 Å². The van der Waals surface area contributed by atoms with Crippen LogP contribution >= 0.6 is 15.9 Å². The summed E-state index contributed by atoms with van der Waals surface area (Å²) < 4.78 is 6.22. The molecule has 0 aliphatic heterocycles. The van der Waals surface area contributed by atoms with Gasteiger partial charge in [-0.25, -0.2) is 0 Å². The molecule has 0 aromatic carbocycles. The number of aromatic amines is 1. The first-order valence-corrected chi connectivity index (χ1v) is 6.08. The van der Waals surface area contributed by atoms with Gasteiger partial charge < -0.3 is 15.0 Å². The quantitative estimate of drug-likeness (QED) is 0.789. The highest BCUT2D eigenvalue weighted by Gasteiger charge is 2.06. The summed E-state index contributed by atoms with van der Waals surface area (Å²) in [5.41, 5.74) is 0.552. The molecule has 2 N–H and O–H groups in total. The fraction of sp³-hybridized carbons (Fsp3) is 0.545. The number of nitrogens with one attached hydrogen (secondary N) is 2. The average Bonchev–Trinajstić information content (AvgIpc) is 2.63. The zero-order chi connectivity index (χ0) is 12.0. The average molecular weight is 289 g/mol. The van der Waals surface area contributed by atoms with Crippen LogP contribution in [0.25, 0.3) is 0 Å². The second kappa shape index (κ2) is 6.70. The summed E-state index contributed by atoms with van der Waals surface area (Å²) in [5, 5.41) is 2.77. The van der Waals surface area contributed by atoms with E-state index >= 15 is 0 Å². The predicted octanol–water partition coefficient (Wildman–Crippen LogP) is 2.18. The van der Waals surface area contributed by atoms with Crippen LogP contribution in [0.4, 0.5) is 0 Å². The van der Waals surface area contributed by atoms with E-state index in [4.69, 9.17) is 4.74 Å². The first-order chi connectivity index (χ1) is 7.59. The van der Waals surface area contributed by atoms with Gasteiger partial charge in [0.05, 0.1) is 6.61 Å². The molecule has 0 aliphatic rings. The maximum Gasteiger partial charge on any atom is 0.267 e. The van der Waals surface area contributed by atoms with Crippen molar-refractivity contribution in [3.8, 4) is 0 Å². The van der Waals surface area contributed by atoms with Gasteiger partial charge in [0.25, 0.3) is 5.91 Å². The van der Waals surface area contributed by atoms with E-state index < -0.39 is 0 Å². The van der Waals surface area contributed by atoms with Crippen LogP contribution < -0.4 is 5.32 Å². The number of rotatable bonds is 6. The van der Waals surface area contributed by atoms with Gasteiger partial charge >= 0.3 is 0 Å². The number of H-pyrrole nitrogens is 1. The Morgan fingerprint density at radius 1 is 1.62 bits per heavy atom. The van der Waals surface area contributed by atoms with Crippen LogP contribution in [0.1, 0.15) is 24.3 Å². The second-order valence-corrected chi connectivity index (χ2v) is 4.87. The molecule has 0 aliphatic carbocycles. The van der Waals surface area contributed by atoms with E-state index in [-0.39, 0.29) is 5.91 Å². The van der Waals surface area contributed by atoms with Gasteiger partial charge in [0, 0.05) is 23.8 Å². The van der Waals surface area contributed by atoms with Gasteiger partial charge in [-0.05, 0) is 27.9 Å². The molecule has 0 radical (unpaired) electrons. The lowest BCUT2D eigenvalue weighted by Gasteiger charge is -2.07. The van der Waals surface area contributed by atoms with Crippen LogP contribution in [0, 0.1) is 5.92 Å². The van der Waals surface area contributed by atoms with Crippen molar-refractivity contribution in [2.75, 3.05) is 19.8 Å². The largest absolute Gasteiger partial charge is 0.379 e. The number of amides is 1. The van der Waals surface area contributed by atoms with Gasteiger partial charge in [0.2, 0.25) is 0 Å². The molecule has 1 heterocycles. The van der Waals surface area contributed by atoms with E-state index in [9.17, 15) is 4.79 Å². The lowest BCUT2D eigenvalue weighted by molar-refractivity contribution is 0.0882. The third-order valence-electron chi connectivity index (χ3n) is 1.88. The Labute approximate surface area is 104 Å². The van der Waals surface area contributed by atoms with Crippen LogP contribution in [0.15, 0.2) is 16.7 Å². The van der Waals surface area contributed by atoms with Gasteiger partial charge in [0.1, 0.15) is 5.69 Å². The molecular weight excluding hydrogens is 272 g/mol. The minimum atomic E-state index is -0.112. The summed E-state index contributed by atoms with van der Waals surface area (Å²) in [4.78, 5) is 14.4. The standard InChI is InChI=1S/C11H17BrN2O2/c1-8(2)7-16-4-3-13-11(15)10-5-9(12)6-14-10/h5-6,8,14H,3-4,7H2,1-2H3,(H,13,15). The van der Waals surface area contributed by atoms with Crippen LogP contribution in [-0.2, 0) is 4.74 Å². The zero-order valence-electron chi connectivity index (χ0n) is 9.55. The molecule has 90 valence electrons. The van der Waals surface area contributed by atoms with E-state index in [0.29, 0.717) is 24.8 Å². The van der Waals surface area contributed by atoms with Gasteiger partial charge in [0.15, 0.2) is 0 Å². The van der Waals surface area contributed by atoms with E-state index in [1.54, 1.807) is 12.3 Å². The van der Waals surface area contributed by atoms with Crippen molar-refractivity contribution >= 4 is 21.8 Å². The van der Waals surface area contributed by atoms with Crippen molar-refractivity contribution in [3.05, 3.63) is 22.4 Å². The van der Waals surface area contributed by atoms with Gasteiger partial charge in [-0.15, -0.1) is 0 Å². The van der Waals surface area contributed by atoms with Crippen LogP contribution in [0.3, 0.4) is 0 Å². The molecule has 1 rings (SSSR count). The molecule has 0 saturated heterocycles. The third kappa shape index (κ3) is 4.81. The Morgan fingerprint density at radius 2 is 2.38 bits per heavy atom. The molecule has 4 nitrogen and oxygen atoms in total. The number of hydrogen-bond acceptors (Lipinski definition) is 2. The van der Waals surface area contributed by atoms with Crippen molar-refractivity contribution < 1.29 is 9.53 Å². The Hall–Kier alpha value is -0.810. The monoisotopic (exact) mass is 288 g/mol. The molecule has 5 heteroatoms. The summed E-state index contributed by atoms with van der Waals surface area (Å²) in [6.07, 6.45) is 1.73. The Balaban J connectivity index is 2.16. The molecule has 1 aromatic heterocycles.